The van der Waals surface area contributed by atoms with Gasteiger partial charge in [0.25, 0.3) is 0 Å². The second-order valence-corrected chi connectivity index (χ2v) is 7.04. The zero-order valence-corrected chi connectivity index (χ0v) is 15.5. The molecule has 0 aliphatic carbocycles. The van der Waals surface area contributed by atoms with E-state index in [-0.39, 0.29) is 24.3 Å². The van der Waals surface area contributed by atoms with Gasteiger partial charge < -0.3 is 9.30 Å². The molecule has 6 heteroatoms. The largest absolute Gasteiger partial charge is 0.465 e. The Labute approximate surface area is 146 Å². The SMILES string of the molecule is CCOC(=O)Cn1c(=NC(=O)CC(C)C)sc2cc(CC)ccc21. The molecule has 0 bridgehead atoms. The molecule has 0 aliphatic rings. The van der Waals surface area contributed by atoms with Crippen LogP contribution in [0.5, 0.6) is 0 Å². The first-order chi connectivity index (χ1) is 11.4. The van der Waals surface area contributed by atoms with Crippen LogP contribution >= 0.6 is 11.3 Å². The molecule has 2 rings (SSSR count). The smallest absolute Gasteiger partial charge is 0.326 e. The molecule has 0 saturated carbocycles. The number of aromatic nitrogens is 1. The number of aryl methyl sites for hydroxylation is 1. The summed E-state index contributed by atoms with van der Waals surface area (Å²) in [5.41, 5.74) is 2.12. The number of amides is 1. The van der Waals surface area contributed by atoms with Gasteiger partial charge in [-0.1, -0.05) is 38.2 Å². The van der Waals surface area contributed by atoms with E-state index in [4.69, 9.17) is 4.74 Å². The molecule has 0 N–H and O–H groups in total. The normalized spacial score (nSPS) is 12.1. The van der Waals surface area contributed by atoms with Gasteiger partial charge in [-0.2, -0.15) is 4.99 Å². The molecule has 24 heavy (non-hydrogen) atoms. The Balaban J connectivity index is 2.52. The van der Waals surface area contributed by atoms with Crippen molar-refractivity contribution in [3.05, 3.63) is 28.6 Å². The second-order valence-electron chi connectivity index (χ2n) is 6.03. The summed E-state index contributed by atoms with van der Waals surface area (Å²) in [5, 5.41) is 0. The molecule has 0 saturated heterocycles. The highest BCUT2D eigenvalue weighted by atomic mass is 32.1. The van der Waals surface area contributed by atoms with Crippen molar-refractivity contribution in [3.63, 3.8) is 0 Å². The van der Waals surface area contributed by atoms with Crippen molar-refractivity contribution in [1.82, 2.24) is 4.57 Å². The predicted molar refractivity (Wildman–Crippen MR) is 95.9 cm³/mol. The van der Waals surface area contributed by atoms with Gasteiger partial charge in [0.05, 0.1) is 16.8 Å². The minimum absolute atomic E-state index is 0.0626. The molecule has 0 spiro atoms. The monoisotopic (exact) mass is 348 g/mol. The standard InChI is InChI=1S/C18H24N2O3S/c1-5-13-7-8-14-15(10-13)24-18(19-16(21)9-12(3)4)20(14)11-17(22)23-6-2/h7-8,10,12H,5-6,9,11H2,1-4H3. The van der Waals surface area contributed by atoms with Crippen LogP contribution in [0.25, 0.3) is 10.2 Å². The topological polar surface area (TPSA) is 60.7 Å². The van der Waals surface area contributed by atoms with Crippen LogP contribution in [0.2, 0.25) is 0 Å². The van der Waals surface area contributed by atoms with E-state index in [1.165, 1.54) is 16.9 Å². The van der Waals surface area contributed by atoms with Crippen LogP contribution in [-0.2, 0) is 27.3 Å². The molecule has 1 amide bonds. The Morgan fingerprint density at radius 2 is 2.04 bits per heavy atom. The first kappa shape index (κ1) is 18.4. The first-order valence-electron chi connectivity index (χ1n) is 8.30. The summed E-state index contributed by atoms with van der Waals surface area (Å²) in [6.07, 6.45) is 1.33. The average Bonchev–Trinajstić information content (AvgIpc) is 2.83. The number of esters is 1. The fourth-order valence-electron chi connectivity index (χ4n) is 2.41. The molecular weight excluding hydrogens is 324 g/mol. The van der Waals surface area contributed by atoms with Gasteiger partial charge in [0.15, 0.2) is 4.80 Å². The highest BCUT2D eigenvalue weighted by molar-refractivity contribution is 7.16. The molecular formula is C18H24N2O3S. The zero-order chi connectivity index (χ0) is 17.7. The van der Waals surface area contributed by atoms with E-state index >= 15 is 0 Å². The molecule has 0 atom stereocenters. The van der Waals surface area contributed by atoms with E-state index in [1.54, 1.807) is 11.5 Å². The molecule has 130 valence electrons. The van der Waals surface area contributed by atoms with Crippen molar-refractivity contribution < 1.29 is 14.3 Å². The number of fused-ring (bicyclic) bond motifs is 1. The lowest BCUT2D eigenvalue weighted by atomic mass is 10.1. The summed E-state index contributed by atoms with van der Waals surface area (Å²) < 4.78 is 7.85. The molecule has 0 aliphatic heterocycles. The van der Waals surface area contributed by atoms with Gasteiger partial charge >= 0.3 is 5.97 Å². The minimum atomic E-state index is -0.325. The second kappa shape index (κ2) is 8.24. The number of carbonyl (C=O) groups excluding carboxylic acids is 2. The van der Waals surface area contributed by atoms with Crippen LogP contribution < -0.4 is 4.80 Å². The van der Waals surface area contributed by atoms with Crippen molar-refractivity contribution in [2.75, 3.05) is 6.61 Å². The van der Waals surface area contributed by atoms with Gasteiger partial charge in [-0.05, 0) is 37.0 Å². The number of nitrogens with zero attached hydrogens (tertiary/aromatic N) is 2. The Kier molecular flexibility index (Phi) is 6.31. The number of ether oxygens (including phenoxy) is 1. The van der Waals surface area contributed by atoms with E-state index in [0.29, 0.717) is 17.8 Å². The minimum Gasteiger partial charge on any atom is -0.465 e. The zero-order valence-electron chi connectivity index (χ0n) is 14.7. The van der Waals surface area contributed by atoms with E-state index in [9.17, 15) is 9.59 Å². The van der Waals surface area contributed by atoms with Crippen molar-refractivity contribution in [2.45, 2.75) is 47.1 Å². The molecule has 1 aromatic carbocycles. The van der Waals surface area contributed by atoms with Crippen LogP contribution in [0, 0.1) is 5.92 Å². The summed E-state index contributed by atoms with van der Waals surface area (Å²) in [5.74, 6) is -0.236. The summed E-state index contributed by atoms with van der Waals surface area (Å²) in [7, 11) is 0. The van der Waals surface area contributed by atoms with E-state index in [2.05, 4.69) is 18.0 Å². The lowest BCUT2D eigenvalue weighted by Gasteiger charge is -2.05. The molecule has 1 heterocycles. The fraction of sp³-hybridized carbons (Fsp3) is 0.500. The molecule has 0 radical (unpaired) electrons. The number of hydrogen-bond donors (Lipinski definition) is 0. The number of rotatable bonds is 6. The molecule has 0 unspecified atom stereocenters. The highest BCUT2D eigenvalue weighted by Gasteiger charge is 2.13. The van der Waals surface area contributed by atoms with E-state index in [0.717, 1.165) is 16.6 Å². The molecule has 1 aromatic heterocycles. The van der Waals surface area contributed by atoms with Crippen LogP contribution in [0.4, 0.5) is 0 Å². The summed E-state index contributed by atoms with van der Waals surface area (Å²) in [4.78, 5) is 28.8. The van der Waals surface area contributed by atoms with Crippen LogP contribution in [-0.4, -0.2) is 23.1 Å². The quantitative estimate of drug-likeness (QED) is 0.753. The number of hydrogen-bond acceptors (Lipinski definition) is 4. The van der Waals surface area contributed by atoms with E-state index in [1.807, 2.05) is 26.0 Å². The fourth-order valence-corrected chi connectivity index (χ4v) is 3.52. The maximum atomic E-state index is 12.1. The Hall–Kier alpha value is -1.95. The average molecular weight is 348 g/mol. The molecule has 5 nitrogen and oxygen atoms in total. The van der Waals surface area contributed by atoms with Crippen molar-refractivity contribution >= 4 is 33.4 Å². The predicted octanol–water partition coefficient (Wildman–Crippen LogP) is 3.30. The van der Waals surface area contributed by atoms with Gasteiger partial charge in [-0.25, -0.2) is 0 Å². The lowest BCUT2D eigenvalue weighted by molar-refractivity contribution is -0.143. The third-order valence-corrected chi connectivity index (χ3v) is 4.59. The van der Waals surface area contributed by atoms with Gasteiger partial charge in [-0.15, -0.1) is 0 Å². The maximum Gasteiger partial charge on any atom is 0.326 e. The number of carbonyl (C=O) groups is 2. The van der Waals surface area contributed by atoms with Crippen molar-refractivity contribution in [2.24, 2.45) is 10.9 Å². The number of benzene rings is 1. The van der Waals surface area contributed by atoms with E-state index < -0.39 is 0 Å². The van der Waals surface area contributed by atoms with Crippen molar-refractivity contribution in [3.8, 4) is 0 Å². The van der Waals surface area contributed by atoms with Gasteiger partial charge in [-0.3, -0.25) is 9.59 Å². The van der Waals surface area contributed by atoms with Crippen LogP contribution in [0.1, 0.15) is 39.7 Å². The Morgan fingerprint density at radius 1 is 1.29 bits per heavy atom. The highest BCUT2D eigenvalue weighted by Crippen LogP contribution is 2.20. The Bertz CT molecular complexity index is 802. The Morgan fingerprint density at radius 3 is 2.67 bits per heavy atom. The van der Waals surface area contributed by atoms with Crippen molar-refractivity contribution in [1.29, 1.82) is 0 Å². The maximum absolute atomic E-state index is 12.1. The first-order valence-corrected chi connectivity index (χ1v) is 9.11. The van der Waals surface area contributed by atoms with Gasteiger partial charge in [0, 0.05) is 6.42 Å². The summed E-state index contributed by atoms with van der Waals surface area (Å²) >= 11 is 1.44. The third-order valence-electron chi connectivity index (χ3n) is 3.55. The molecule has 0 fully saturated rings. The van der Waals surface area contributed by atoms with Gasteiger partial charge in [0.1, 0.15) is 6.54 Å². The van der Waals surface area contributed by atoms with Crippen LogP contribution in [0.15, 0.2) is 23.2 Å². The lowest BCUT2D eigenvalue weighted by Crippen LogP contribution is -2.23. The third kappa shape index (κ3) is 4.54. The van der Waals surface area contributed by atoms with Gasteiger partial charge in [0.2, 0.25) is 5.91 Å². The van der Waals surface area contributed by atoms with Crippen LogP contribution in [0.3, 0.4) is 0 Å². The summed E-state index contributed by atoms with van der Waals surface area (Å²) in [6, 6.07) is 6.11. The number of thiazole rings is 1. The molecule has 2 aromatic rings. The summed E-state index contributed by atoms with van der Waals surface area (Å²) in [6.45, 7) is 8.24.